The maximum Gasteiger partial charge on any atom is 0.0414 e. The van der Waals surface area contributed by atoms with E-state index in [0.717, 1.165) is 0 Å². The zero-order valence-corrected chi connectivity index (χ0v) is 10.4. The number of thiophene rings is 1. The SMILES string of the molecule is CCC(NC1CCN(C)C1)c1cccs1. The first-order valence-electron chi connectivity index (χ1n) is 5.77. The Kier molecular flexibility index (Phi) is 3.78. The molecule has 0 aliphatic carbocycles. The largest absolute Gasteiger partial charge is 0.305 e. The molecule has 2 rings (SSSR count). The van der Waals surface area contributed by atoms with E-state index >= 15 is 0 Å². The molecule has 3 heteroatoms. The normalized spacial score (nSPS) is 24.5. The van der Waals surface area contributed by atoms with Crippen LogP contribution in [0.15, 0.2) is 17.5 Å². The molecule has 0 radical (unpaired) electrons. The van der Waals surface area contributed by atoms with Gasteiger partial charge in [0.2, 0.25) is 0 Å². The third-order valence-corrected chi connectivity index (χ3v) is 4.11. The van der Waals surface area contributed by atoms with Crippen molar-refractivity contribution in [2.75, 3.05) is 20.1 Å². The molecule has 0 amide bonds. The summed E-state index contributed by atoms with van der Waals surface area (Å²) in [5, 5.41) is 5.93. The molecule has 2 unspecified atom stereocenters. The van der Waals surface area contributed by atoms with E-state index < -0.39 is 0 Å². The smallest absolute Gasteiger partial charge is 0.0414 e. The summed E-state index contributed by atoms with van der Waals surface area (Å²) in [5.41, 5.74) is 0. The Morgan fingerprint density at radius 2 is 2.53 bits per heavy atom. The monoisotopic (exact) mass is 224 g/mol. The Morgan fingerprint density at radius 3 is 3.07 bits per heavy atom. The van der Waals surface area contributed by atoms with Gasteiger partial charge in [0.05, 0.1) is 0 Å². The highest BCUT2D eigenvalue weighted by molar-refractivity contribution is 7.10. The standard InChI is InChI=1S/C12H20N2S/c1-3-11(12-5-4-8-15-12)13-10-6-7-14(2)9-10/h4-5,8,10-11,13H,3,6-7,9H2,1-2H3. The third-order valence-electron chi connectivity index (χ3n) is 3.12. The summed E-state index contributed by atoms with van der Waals surface area (Å²) < 4.78 is 0. The van der Waals surface area contributed by atoms with Gasteiger partial charge in [0.1, 0.15) is 0 Å². The number of likely N-dealkylation sites (tertiary alicyclic amines) is 1. The molecule has 1 aromatic rings. The highest BCUT2D eigenvalue weighted by Gasteiger charge is 2.22. The van der Waals surface area contributed by atoms with Gasteiger partial charge >= 0.3 is 0 Å². The first-order chi connectivity index (χ1) is 7.29. The number of hydrogen-bond donors (Lipinski definition) is 1. The summed E-state index contributed by atoms with van der Waals surface area (Å²) in [7, 11) is 2.20. The second-order valence-corrected chi connectivity index (χ2v) is 5.37. The lowest BCUT2D eigenvalue weighted by Gasteiger charge is -2.20. The number of hydrogen-bond acceptors (Lipinski definition) is 3. The molecule has 1 aromatic heterocycles. The van der Waals surface area contributed by atoms with Gasteiger partial charge in [-0.3, -0.25) is 0 Å². The van der Waals surface area contributed by atoms with E-state index in [1.54, 1.807) is 0 Å². The van der Waals surface area contributed by atoms with Crippen LogP contribution in [0.4, 0.5) is 0 Å². The second-order valence-electron chi connectivity index (χ2n) is 4.39. The maximum absolute atomic E-state index is 3.77. The van der Waals surface area contributed by atoms with Crippen LogP contribution in [-0.4, -0.2) is 31.1 Å². The minimum absolute atomic E-state index is 0.557. The third kappa shape index (κ3) is 2.80. The molecule has 0 aromatic carbocycles. The van der Waals surface area contributed by atoms with Crippen LogP contribution < -0.4 is 5.32 Å². The van der Waals surface area contributed by atoms with Crippen LogP contribution in [0, 0.1) is 0 Å². The Hall–Kier alpha value is -0.380. The molecule has 1 N–H and O–H groups in total. The van der Waals surface area contributed by atoms with E-state index in [1.807, 2.05) is 11.3 Å². The Bertz CT molecular complexity index is 284. The zero-order valence-electron chi connectivity index (χ0n) is 9.57. The molecule has 15 heavy (non-hydrogen) atoms. The predicted octanol–water partition coefficient (Wildman–Crippen LogP) is 2.49. The quantitative estimate of drug-likeness (QED) is 0.845. The fraction of sp³-hybridized carbons (Fsp3) is 0.667. The van der Waals surface area contributed by atoms with Crippen molar-refractivity contribution >= 4 is 11.3 Å². The van der Waals surface area contributed by atoms with Crippen LogP contribution in [0.5, 0.6) is 0 Å². The van der Waals surface area contributed by atoms with Gasteiger partial charge in [0, 0.05) is 23.5 Å². The molecule has 84 valence electrons. The summed E-state index contributed by atoms with van der Waals surface area (Å²) in [6, 6.07) is 5.62. The topological polar surface area (TPSA) is 15.3 Å². The first-order valence-corrected chi connectivity index (χ1v) is 6.65. The van der Waals surface area contributed by atoms with Gasteiger partial charge in [-0.05, 0) is 37.9 Å². The minimum Gasteiger partial charge on any atom is -0.305 e. The van der Waals surface area contributed by atoms with Crippen molar-refractivity contribution in [1.29, 1.82) is 0 Å². The number of rotatable bonds is 4. The Morgan fingerprint density at radius 1 is 1.67 bits per heavy atom. The number of nitrogens with zero attached hydrogens (tertiary/aromatic N) is 1. The van der Waals surface area contributed by atoms with Gasteiger partial charge in [-0.2, -0.15) is 0 Å². The minimum atomic E-state index is 0.557. The highest BCUT2D eigenvalue weighted by atomic mass is 32.1. The lowest BCUT2D eigenvalue weighted by Crippen LogP contribution is -2.34. The molecule has 1 saturated heterocycles. The van der Waals surface area contributed by atoms with Crippen LogP contribution in [0.1, 0.15) is 30.7 Å². The molecule has 0 bridgehead atoms. The summed E-state index contributed by atoms with van der Waals surface area (Å²) in [4.78, 5) is 3.88. The molecule has 1 aliphatic rings. The molecule has 0 spiro atoms. The summed E-state index contributed by atoms with van der Waals surface area (Å²) in [6.07, 6.45) is 2.47. The molecule has 2 heterocycles. The average Bonchev–Trinajstić information content (AvgIpc) is 2.85. The van der Waals surface area contributed by atoms with Crippen molar-refractivity contribution in [3.8, 4) is 0 Å². The van der Waals surface area contributed by atoms with Crippen molar-refractivity contribution in [3.63, 3.8) is 0 Å². The molecule has 2 nitrogen and oxygen atoms in total. The first kappa shape index (κ1) is 11.1. The van der Waals surface area contributed by atoms with Crippen molar-refractivity contribution < 1.29 is 0 Å². The molecular weight excluding hydrogens is 204 g/mol. The van der Waals surface area contributed by atoms with E-state index in [0.29, 0.717) is 12.1 Å². The summed E-state index contributed by atoms with van der Waals surface area (Å²) in [6.45, 7) is 4.69. The number of nitrogens with one attached hydrogen (secondary N) is 1. The molecule has 2 atom stereocenters. The Balaban J connectivity index is 1.91. The molecule has 1 fully saturated rings. The summed E-state index contributed by atoms with van der Waals surface area (Å²) >= 11 is 1.86. The van der Waals surface area contributed by atoms with Crippen LogP contribution in [-0.2, 0) is 0 Å². The van der Waals surface area contributed by atoms with Crippen LogP contribution in [0.25, 0.3) is 0 Å². The van der Waals surface area contributed by atoms with Gasteiger partial charge in [0.15, 0.2) is 0 Å². The van der Waals surface area contributed by atoms with Crippen molar-refractivity contribution in [1.82, 2.24) is 10.2 Å². The van der Waals surface area contributed by atoms with Gasteiger partial charge < -0.3 is 10.2 Å². The van der Waals surface area contributed by atoms with Crippen LogP contribution >= 0.6 is 11.3 Å². The van der Waals surface area contributed by atoms with E-state index in [1.165, 1.54) is 30.8 Å². The fourth-order valence-electron chi connectivity index (χ4n) is 2.25. The zero-order chi connectivity index (χ0) is 10.7. The van der Waals surface area contributed by atoms with Crippen LogP contribution in [0.2, 0.25) is 0 Å². The van der Waals surface area contributed by atoms with Crippen molar-refractivity contribution in [2.45, 2.75) is 31.8 Å². The average molecular weight is 224 g/mol. The van der Waals surface area contributed by atoms with E-state index in [9.17, 15) is 0 Å². The lowest BCUT2D eigenvalue weighted by atomic mass is 10.1. The van der Waals surface area contributed by atoms with Gasteiger partial charge in [0.25, 0.3) is 0 Å². The van der Waals surface area contributed by atoms with Crippen molar-refractivity contribution in [2.24, 2.45) is 0 Å². The van der Waals surface area contributed by atoms with Gasteiger partial charge in [-0.25, -0.2) is 0 Å². The van der Waals surface area contributed by atoms with E-state index in [2.05, 4.69) is 41.7 Å². The molecule has 1 aliphatic heterocycles. The van der Waals surface area contributed by atoms with Gasteiger partial charge in [-0.15, -0.1) is 11.3 Å². The molecule has 0 saturated carbocycles. The predicted molar refractivity (Wildman–Crippen MR) is 66.4 cm³/mol. The van der Waals surface area contributed by atoms with E-state index in [4.69, 9.17) is 0 Å². The van der Waals surface area contributed by atoms with Gasteiger partial charge in [-0.1, -0.05) is 13.0 Å². The maximum atomic E-state index is 3.77. The van der Waals surface area contributed by atoms with Crippen molar-refractivity contribution in [3.05, 3.63) is 22.4 Å². The lowest BCUT2D eigenvalue weighted by molar-refractivity contribution is 0.380. The fourth-order valence-corrected chi connectivity index (χ4v) is 3.12. The highest BCUT2D eigenvalue weighted by Crippen LogP contribution is 2.23. The van der Waals surface area contributed by atoms with E-state index in [-0.39, 0.29) is 0 Å². The Labute approximate surface area is 96.3 Å². The van der Waals surface area contributed by atoms with Crippen LogP contribution in [0.3, 0.4) is 0 Å². The molecular formula is C12H20N2S. The summed E-state index contributed by atoms with van der Waals surface area (Å²) in [5.74, 6) is 0. The number of likely N-dealkylation sites (N-methyl/N-ethyl adjacent to an activating group) is 1. The second kappa shape index (κ2) is 5.10.